The third kappa shape index (κ3) is 5.55. The SMILES string of the molecule is C=CC(=O)N1CC2(CCN(c3nc(N4CC(N5CC6(CC6)C5)C4)nc4c(OCC(F)(F)F)c(-c5c(C)c(C)cc6[nH]ncc56)c(C5CC5)cc34)CC2)C1. The minimum atomic E-state index is -4.55. The van der Waals surface area contributed by atoms with Gasteiger partial charge in [-0.1, -0.05) is 6.58 Å². The largest absolute Gasteiger partial charge is 0.481 e. The summed E-state index contributed by atoms with van der Waals surface area (Å²) in [6.45, 7) is 13.1. The Hall–Kier alpha value is -4.39. The molecule has 6 fully saturated rings. The normalized spacial score (nSPS) is 22.3. The van der Waals surface area contributed by atoms with Gasteiger partial charge in [-0.3, -0.25) is 14.8 Å². The molecule has 0 unspecified atom stereocenters. The first-order chi connectivity index (χ1) is 25.4. The minimum Gasteiger partial charge on any atom is -0.481 e. The molecule has 6 heterocycles. The van der Waals surface area contributed by atoms with Crippen molar-refractivity contribution in [2.45, 2.75) is 70.5 Å². The van der Waals surface area contributed by atoms with Crippen LogP contribution in [0, 0.1) is 24.7 Å². The quantitative estimate of drug-likeness (QED) is 0.206. The molecule has 13 heteroatoms. The van der Waals surface area contributed by atoms with E-state index in [1.807, 2.05) is 24.8 Å². The second-order valence-electron chi connectivity index (χ2n) is 17.0. The molecule has 0 atom stereocenters. The van der Waals surface area contributed by atoms with Gasteiger partial charge in [-0.05, 0) is 104 Å². The maximum Gasteiger partial charge on any atom is 0.422 e. The van der Waals surface area contributed by atoms with Crippen LogP contribution in [0.2, 0.25) is 0 Å². The van der Waals surface area contributed by atoms with Crippen molar-refractivity contribution in [1.29, 1.82) is 0 Å². The number of H-pyrrole nitrogens is 1. The second-order valence-corrected chi connectivity index (χ2v) is 17.0. The molecular formula is C40H45F3N8O2. The van der Waals surface area contributed by atoms with E-state index in [4.69, 9.17) is 14.7 Å². The molecule has 2 aromatic carbocycles. The van der Waals surface area contributed by atoms with Gasteiger partial charge in [0.15, 0.2) is 12.4 Å². The van der Waals surface area contributed by atoms with Crippen LogP contribution in [-0.4, -0.2) is 107 Å². The standard InChI is InChI=1S/C40H45F3N8O2/c1-4-31(52)51-20-39(21-51)9-11-48(12-10-39)36-28-14-27(25-5-6-25)33(32-24(3)23(2)13-30-29(32)15-44-47-30)35(53-22-40(41,42)43)34(28)45-37(46-36)49-16-26(17-49)50-18-38(19-50)7-8-38/h4,13-15,25-26H,1,5-12,16-22H2,2-3H3,(H,44,47). The van der Waals surface area contributed by atoms with Crippen LogP contribution >= 0.6 is 0 Å². The van der Waals surface area contributed by atoms with Crippen LogP contribution in [0.5, 0.6) is 5.75 Å². The highest BCUT2D eigenvalue weighted by molar-refractivity contribution is 6.06. The number of carbonyl (C=O) groups is 1. The number of benzene rings is 2. The van der Waals surface area contributed by atoms with Crippen LogP contribution in [0.1, 0.15) is 61.1 Å². The molecule has 4 aliphatic heterocycles. The average molecular weight is 727 g/mol. The van der Waals surface area contributed by atoms with Crippen molar-refractivity contribution in [2.75, 3.05) is 68.8 Å². The Morgan fingerprint density at radius 3 is 2.36 bits per heavy atom. The highest BCUT2D eigenvalue weighted by atomic mass is 19.4. The third-order valence-electron chi connectivity index (χ3n) is 13.2. The maximum absolute atomic E-state index is 14.1. The smallest absolute Gasteiger partial charge is 0.422 e. The van der Waals surface area contributed by atoms with Crippen LogP contribution in [-0.2, 0) is 4.79 Å². The zero-order valence-electron chi connectivity index (χ0n) is 30.4. The summed E-state index contributed by atoms with van der Waals surface area (Å²) in [7, 11) is 0. The number of hydrogen-bond donors (Lipinski definition) is 1. The fourth-order valence-corrected chi connectivity index (χ4v) is 9.51. The Balaban J connectivity index is 1.11. The summed E-state index contributed by atoms with van der Waals surface area (Å²) < 4.78 is 48.4. The Labute approximate surface area is 306 Å². The number of nitrogens with zero attached hydrogens (tertiary/aromatic N) is 7. The van der Waals surface area contributed by atoms with Crippen LogP contribution in [0.25, 0.3) is 32.9 Å². The lowest BCUT2D eigenvalue weighted by molar-refractivity contribution is -0.153. The predicted octanol–water partition coefficient (Wildman–Crippen LogP) is 6.51. The number of piperidine rings is 1. The third-order valence-corrected chi connectivity index (χ3v) is 13.2. The van der Waals surface area contributed by atoms with E-state index in [-0.39, 0.29) is 23.0 Å². The molecule has 4 aromatic rings. The number of alkyl halides is 3. The van der Waals surface area contributed by atoms with E-state index >= 15 is 0 Å². The van der Waals surface area contributed by atoms with Gasteiger partial charge in [0.1, 0.15) is 11.3 Å². The van der Waals surface area contributed by atoms with E-state index in [1.54, 1.807) is 6.20 Å². The van der Waals surface area contributed by atoms with Crippen molar-refractivity contribution in [2.24, 2.45) is 10.8 Å². The number of ether oxygens (including phenoxy) is 1. The fraction of sp³-hybridized carbons (Fsp3) is 0.550. The van der Waals surface area contributed by atoms with Gasteiger partial charge in [0.25, 0.3) is 0 Å². The summed E-state index contributed by atoms with van der Waals surface area (Å²) in [5, 5.41) is 9.01. The molecule has 10 rings (SSSR count). The monoisotopic (exact) mass is 726 g/mol. The van der Waals surface area contributed by atoms with Crippen LogP contribution in [0.3, 0.4) is 0 Å². The Morgan fingerprint density at radius 2 is 1.70 bits per heavy atom. The zero-order valence-corrected chi connectivity index (χ0v) is 30.4. The topological polar surface area (TPSA) is 93.7 Å². The summed E-state index contributed by atoms with van der Waals surface area (Å²) in [6, 6.07) is 4.62. The van der Waals surface area contributed by atoms with E-state index in [1.165, 1.54) is 18.9 Å². The molecule has 2 aliphatic carbocycles. The van der Waals surface area contributed by atoms with Crippen LogP contribution in [0.4, 0.5) is 24.9 Å². The highest BCUT2D eigenvalue weighted by Gasteiger charge is 2.55. The first-order valence-corrected chi connectivity index (χ1v) is 19.1. The lowest BCUT2D eigenvalue weighted by atomic mass is 9.72. The fourth-order valence-electron chi connectivity index (χ4n) is 9.51. The molecule has 0 bridgehead atoms. The van der Waals surface area contributed by atoms with Crippen molar-refractivity contribution in [1.82, 2.24) is 30.0 Å². The number of hydrogen-bond acceptors (Lipinski definition) is 8. The van der Waals surface area contributed by atoms with Gasteiger partial charge in [0.05, 0.1) is 11.7 Å². The summed E-state index contributed by atoms with van der Waals surface area (Å²) in [5.41, 5.74) is 6.37. The van der Waals surface area contributed by atoms with Crippen molar-refractivity contribution < 1.29 is 22.7 Å². The van der Waals surface area contributed by atoms with E-state index < -0.39 is 12.8 Å². The van der Waals surface area contributed by atoms with E-state index in [9.17, 15) is 18.0 Å². The number of halogens is 3. The number of fused-ring (bicyclic) bond motifs is 2. The summed E-state index contributed by atoms with van der Waals surface area (Å²) in [5.74, 6) is 1.61. The van der Waals surface area contributed by atoms with Crippen LogP contribution in [0.15, 0.2) is 31.0 Å². The average Bonchev–Trinajstić information content (AvgIpc) is 4.02. The molecular weight excluding hydrogens is 681 g/mol. The van der Waals surface area contributed by atoms with Gasteiger partial charge in [0, 0.05) is 80.2 Å². The van der Waals surface area contributed by atoms with E-state index in [0.717, 1.165) is 122 Å². The second kappa shape index (κ2) is 11.6. The molecule has 2 saturated carbocycles. The number of amides is 1. The maximum atomic E-state index is 14.1. The number of likely N-dealkylation sites (tertiary alicyclic amines) is 2. The summed E-state index contributed by atoms with van der Waals surface area (Å²) in [4.78, 5) is 31.6. The molecule has 2 spiro atoms. The Morgan fingerprint density at radius 1 is 0.981 bits per heavy atom. The van der Waals surface area contributed by atoms with Crippen LogP contribution < -0.4 is 14.5 Å². The lowest BCUT2D eigenvalue weighted by Gasteiger charge is -2.54. The predicted molar refractivity (Wildman–Crippen MR) is 198 cm³/mol. The van der Waals surface area contributed by atoms with Crippen molar-refractivity contribution in [3.05, 3.63) is 47.7 Å². The molecule has 278 valence electrons. The molecule has 1 N–H and O–H groups in total. The Kier molecular flexibility index (Phi) is 7.24. The lowest BCUT2D eigenvalue weighted by Crippen LogP contribution is -2.66. The van der Waals surface area contributed by atoms with E-state index in [0.29, 0.717) is 28.5 Å². The van der Waals surface area contributed by atoms with Crippen molar-refractivity contribution in [3.63, 3.8) is 0 Å². The number of rotatable bonds is 8. The molecule has 0 radical (unpaired) electrons. The van der Waals surface area contributed by atoms with Crippen molar-refractivity contribution in [3.8, 4) is 16.9 Å². The van der Waals surface area contributed by atoms with Gasteiger partial charge in [-0.2, -0.15) is 23.3 Å². The van der Waals surface area contributed by atoms with Gasteiger partial charge in [-0.25, -0.2) is 4.98 Å². The number of carbonyl (C=O) groups excluding carboxylic acids is 1. The highest BCUT2D eigenvalue weighted by Crippen LogP contribution is 2.55. The first kappa shape index (κ1) is 33.2. The summed E-state index contributed by atoms with van der Waals surface area (Å²) in [6.07, 6.45) is 4.93. The minimum absolute atomic E-state index is 0.0331. The van der Waals surface area contributed by atoms with Gasteiger partial charge < -0.3 is 19.4 Å². The van der Waals surface area contributed by atoms with Gasteiger partial charge >= 0.3 is 6.18 Å². The number of nitrogens with one attached hydrogen (secondary N) is 1. The van der Waals surface area contributed by atoms with E-state index in [2.05, 4.69) is 37.5 Å². The zero-order chi connectivity index (χ0) is 36.4. The Bertz CT molecular complexity index is 2160. The number of aromatic amines is 1. The van der Waals surface area contributed by atoms with Gasteiger partial charge in [0.2, 0.25) is 11.9 Å². The molecule has 2 aromatic heterocycles. The molecule has 1 amide bonds. The molecule has 53 heavy (non-hydrogen) atoms. The van der Waals surface area contributed by atoms with Gasteiger partial charge in [-0.15, -0.1) is 0 Å². The van der Waals surface area contributed by atoms with Crippen molar-refractivity contribution >= 4 is 39.5 Å². The number of aryl methyl sites for hydroxylation is 1. The summed E-state index contributed by atoms with van der Waals surface area (Å²) >= 11 is 0. The molecule has 10 nitrogen and oxygen atoms in total. The number of anilines is 2. The number of aromatic nitrogens is 4. The molecule has 6 aliphatic rings. The molecule has 4 saturated heterocycles. The first-order valence-electron chi connectivity index (χ1n) is 19.1.